The van der Waals surface area contributed by atoms with Crippen molar-refractivity contribution in [2.45, 2.75) is 132 Å². The Balaban J connectivity index is 0.00000729. The lowest BCUT2D eigenvalue weighted by atomic mass is 9.98. The maximum absolute atomic E-state index is 14.7. The number of nitrogens with two attached hydrogens (primary N) is 2. The summed E-state index contributed by atoms with van der Waals surface area (Å²) in [5.74, 6) is -7.70. The number of methoxy groups -OCH3 is 1. The second-order valence-corrected chi connectivity index (χ2v) is 24.5. The number of aliphatic hydroxyl groups excluding tert-OH is 6. The molecule has 4 heterocycles. The van der Waals surface area contributed by atoms with Crippen LogP contribution in [0.5, 0.6) is 17.2 Å². The van der Waals surface area contributed by atoms with Crippen molar-refractivity contribution in [2.75, 3.05) is 95.6 Å². The molecule has 528 valence electrons. The lowest BCUT2D eigenvalue weighted by Crippen LogP contribution is -2.64. The van der Waals surface area contributed by atoms with Crippen LogP contribution in [0.2, 0.25) is 0 Å². The van der Waals surface area contributed by atoms with Crippen molar-refractivity contribution in [2.24, 2.45) is 17.4 Å². The Morgan fingerprint density at radius 2 is 1.24 bits per heavy atom. The fourth-order valence-corrected chi connectivity index (χ4v) is 12.2. The molecule has 8 rings (SSSR count). The minimum Gasteiger partial charge on any atom is -0.504 e. The van der Waals surface area contributed by atoms with E-state index in [0.29, 0.717) is 32.8 Å². The van der Waals surface area contributed by atoms with Gasteiger partial charge in [-0.05, 0) is 117 Å². The number of anilines is 2. The van der Waals surface area contributed by atoms with Gasteiger partial charge in [0.1, 0.15) is 48.6 Å². The van der Waals surface area contributed by atoms with E-state index >= 15 is 0 Å². The molecule has 7 amide bonds. The molecule has 4 aliphatic heterocycles. The second kappa shape index (κ2) is 36.7. The molecule has 96 heavy (non-hydrogen) atoms. The van der Waals surface area contributed by atoms with Gasteiger partial charge in [-0.15, -0.1) is 24.8 Å². The van der Waals surface area contributed by atoms with Gasteiger partial charge in [-0.3, -0.25) is 33.6 Å². The first-order valence-electron chi connectivity index (χ1n) is 32.1. The van der Waals surface area contributed by atoms with Gasteiger partial charge in [0.15, 0.2) is 11.5 Å². The van der Waals surface area contributed by atoms with Gasteiger partial charge >= 0.3 is 0 Å². The zero-order valence-corrected chi connectivity index (χ0v) is 55.7. The first-order chi connectivity index (χ1) is 45.1. The van der Waals surface area contributed by atoms with Crippen LogP contribution in [-0.4, -0.2) is 246 Å². The molecule has 28 nitrogen and oxygen atoms in total. The maximum atomic E-state index is 14.7. The highest BCUT2D eigenvalue weighted by atomic mass is 35.5. The largest absolute Gasteiger partial charge is 0.504 e. The van der Waals surface area contributed by atoms with E-state index < -0.39 is 152 Å². The van der Waals surface area contributed by atoms with Crippen molar-refractivity contribution in [1.82, 2.24) is 36.4 Å². The fraction of sp³-hybridized carbons (Fsp3) is 0.530. The number of phenolic OH excluding ortho intramolecular Hbond substituents is 1. The predicted molar refractivity (Wildman–Crippen MR) is 360 cm³/mol. The average molecular weight is 1380 g/mol. The lowest BCUT2D eigenvalue weighted by molar-refractivity contribution is -0.147. The minimum atomic E-state index is -2.04. The van der Waals surface area contributed by atoms with Crippen LogP contribution in [0, 0.1) is 5.92 Å². The number of benzene rings is 4. The molecule has 16 N–H and O–H groups in total. The molecule has 0 radical (unpaired) electrons. The Morgan fingerprint density at radius 1 is 0.646 bits per heavy atom. The molecule has 0 bridgehead atoms. The first-order valence-corrected chi connectivity index (χ1v) is 32.1. The predicted octanol–water partition coefficient (Wildman–Crippen LogP) is -0.940. The van der Waals surface area contributed by atoms with Crippen LogP contribution in [0.4, 0.5) is 11.4 Å². The average Bonchev–Trinajstić information content (AvgIpc) is 1.61. The summed E-state index contributed by atoms with van der Waals surface area (Å²) in [4.78, 5) is 108. The first kappa shape index (κ1) is 77.4. The lowest BCUT2D eigenvalue weighted by Gasteiger charge is -2.37. The Labute approximate surface area is 570 Å². The number of aliphatic hydroxyl groups is 6. The van der Waals surface area contributed by atoms with Gasteiger partial charge < -0.3 is 108 Å². The summed E-state index contributed by atoms with van der Waals surface area (Å²) in [5.41, 5.74) is 15.8. The summed E-state index contributed by atoms with van der Waals surface area (Å²) in [6.45, 7) is 5.25. The number of phenols is 1. The van der Waals surface area contributed by atoms with Crippen LogP contribution < -0.4 is 57.3 Å². The summed E-state index contributed by atoms with van der Waals surface area (Å²) in [5, 5.41) is 91.6. The SMILES string of the molecule is COCCCCCOc1ccc(-c2ccc(N3CCN(c4ccc(C(=O)N[C@H]5C[C@@H](O)CNC(=O)[C@@H]6[C@@H](O)[C@@H](C)CN6C(=O)[C@H]([C@H](O)CCN)NC(=O)[C@H]([C@H](O)Cc6ccc(O)c(OCCN)c6)NC(=O)[C@@H]6C[C@@H](O)CN6C(=O)[C@H]([C@@H](C)O)NC5=O)cc4)CC3)cc2)cc1.Cl.Cl. The Bertz CT molecular complexity index is 3210. The number of hydrogen-bond donors (Lipinski definition) is 14. The summed E-state index contributed by atoms with van der Waals surface area (Å²) in [6, 6.07) is 16.2. The van der Waals surface area contributed by atoms with Crippen LogP contribution in [0.25, 0.3) is 11.1 Å². The number of nitrogens with one attached hydrogen (secondary N) is 5. The number of halogens is 2. The number of hydrogen-bond acceptors (Lipinski definition) is 21. The Hall–Kier alpha value is -7.61. The van der Waals surface area contributed by atoms with E-state index in [4.69, 9.17) is 25.7 Å². The number of fused-ring (bicyclic) bond motifs is 2. The number of unbranched alkanes of at least 4 members (excludes halogenated alkanes) is 2. The third kappa shape index (κ3) is 20.0. The molecule has 4 fully saturated rings. The van der Waals surface area contributed by atoms with Gasteiger partial charge in [0, 0.05) is 108 Å². The molecule has 13 atom stereocenters. The van der Waals surface area contributed by atoms with E-state index in [1.165, 1.54) is 25.1 Å². The molecule has 4 saturated heterocycles. The molecule has 4 aromatic carbocycles. The van der Waals surface area contributed by atoms with Gasteiger partial charge in [-0.25, -0.2) is 0 Å². The molecular weight excluding hydrogens is 1290 g/mol. The quantitative estimate of drug-likeness (QED) is 0.0422. The normalized spacial score (nSPS) is 24.9. The summed E-state index contributed by atoms with van der Waals surface area (Å²) in [7, 11) is 1.70. The van der Waals surface area contributed by atoms with Crippen LogP contribution in [-0.2, 0) is 39.9 Å². The highest BCUT2D eigenvalue weighted by molar-refractivity contribution is 6.00. The van der Waals surface area contributed by atoms with E-state index in [2.05, 4.69) is 60.6 Å². The number of nitrogens with zero attached hydrogens (tertiary/aromatic N) is 4. The number of piperazine rings is 1. The fourth-order valence-electron chi connectivity index (χ4n) is 12.2. The van der Waals surface area contributed by atoms with Gasteiger partial charge in [0.05, 0.1) is 43.2 Å². The molecule has 0 saturated carbocycles. The zero-order valence-electron chi connectivity index (χ0n) is 54.1. The van der Waals surface area contributed by atoms with Crippen LogP contribution in [0.15, 0.2) is 91.0 Å². The van der Waals surface area contributed by atoms with Gasteiger partial charge in [0.2, 0.25) is 35.4 Å². The van der Waals surface area contributed by atoms with Crippen LogP contribution in [0.1, 0.15) is 68.3 Å². The van der Waals surface area contributed by atoms with E-state index in [9.17, 15) is 69.3 Å². The van der Waals surface area contributed by atoms with Crippen molar-refractivity contribution in [3.05, 3.63) is 102 Å². The molecule has 0 spiro atoms. The molecule has 0 unspecified atom stereocenters. The molecule has 4 aromatic rings. The van der Waals surface area contributed by atoms with Gasteiger partial charge in [-0.1, -0.05) is 37.3 Å². The summed E-state index contributed by atoms with van der Waals surface area (Å²) >= 11 is 0. The van der Waals surface area contributed by atoms with Gasteiger partial charge in [-0.2, -0.15) is 0 Å². The molecule has 4 aliphatic rings. The monoisotopic (exact) mass is 1380 g/mol. The van der Waals surface area contributed by atoms with Crippen molar-refractivity contribution >= 4 is 77.5 Å². The summed E-state index contributed by atoms with van der Waals surface area (Å²) in [6.07, 6.45) is -8.76. The van der Waals surface area contributed by atoms with Crippen LogP contribution >= 0.6 is 24.8 Å². The Kier molecular flexibility index (Phi) is 29.6. The number of carbonyl (C=O) groups excluding carboxylic acids is 7. The van der Waals surface area contributed by atoms with E-state index in [1.54, 1.807) is 38.3 Å². The summed E-state index contributed by atoms with van der Waals surface area (Å²) < 4.78 is 16.6. The number of rotatable bonds is 22. The van der Waals surface area contributed by atoms with E-state index in [1.807, 2.05) is 24.3 Å². The van der Waals surface area contributed by atoms with E-state index in [-0.39, 0.29) is 80.1 Å². The number of aromatic hydroxyl groups is 1. The molecular formula is C66H93Cl2N11O17. The van der Waals surface area contributed by atoms with Crippen molar-refractivity contribution < 1.29 is 83.5 Å². The third-order valence-electron chi connectivity index (χ3n) is 17.5. The maximum Gasteiger partial charge on any atom is 0.251 e. The van der Waals surface area contributed by atoms with Gasteiger partial charge in [0.25, 0.3) is 5.91 Å². The topological polar surface area (TPSA) is 414 Å². The van der Waals surface area contributed by atoms with Crippen molar-refractivity contribution in [3.8, 4) is 28.4 Å². The number of β-amino-alcohol motifs (C(OH)–C–C–N with tert-alkyl or cyclic N) is 1. The number of amides is 7. The number of ether oxygens (including phenoxy) is 3. The van der Waals surface area contributed by atoms with E-state index in [0.717, 1.165) is 63.9 Å². The van der Waals surface area contributed by atoms with Crippen molar-refractivity contribution in [3.63, 3.8) is 0 Å². The molecule has 30 heteroatoms. The van der Waals surface area contributed by atoms with Crippen LogP contribution in [0.3, 0.4) is 0 Å². The molecule has 0 aromatic heterocycles. The highest BCUT2D eigenvalue weighted by Gasteiger charge is 2.50. The highest BCUT2D eigenvalue weighted by Crippen LogP contribution is 2.31. The van der Waals surface area contributed by atoms with Crippen molar-refractivity contribution in [1.29, 1.82) is 0 Å². The second-order valence-electron chi connectivity index (χ2n) is 24.5. The molecule has 0 aliphatic carbocycles. The standard InChI is InChI=1S/C66H91N11O17.2ClH/c1-38-36-77-58(59(38)84)64(89)69-35-46(79)33-49(70-60(85)43-10-16-45(17-11-43)75-26-24-74(25-27-75)44-14-8-41(9-15-44)42-12-18-48(19-13-42)93-29-6-4-5-28-92-3)61(86)71-55(39(2)78)65(90)76-37-47(80)34-50(76)62(87)72-56(63(88)73-57(66(77)91)52(82)21-22-67)53(83)31-40-7-20-51(81)54(32-40)94-30-23-68;;/h7-20,32,38-39,46-47,49-50,52-53,55-59,78-84H,4-6,21-31,33-37,67-68H2,1-3H3,(H,69,89)(H,70,85)(H,71,86)(H,72,87)(H,73,88);2*1H/t38-,39+,46+,47+,49-,50-,52+,53+,55-,56-,57-,58-,59-;;/m0../s1. The number of carbonyl (C=O) groups is 7. The minimum absolute atomic E-state index is 0. The third-order valence-corrected chi connectivity index (χ3v) is 17.5. The Morgan fingerprint density at radius 3 is 1.85 bits per heavy atom. The smallest absolute Gasteiger partial charge is 0.251 e. The zero-order chi connectivity index (χ0) is 67.8.